The molecule has 0 atom stereocenters. The topological polar surface area (TPSA) is 116 Å². The first-order chi connectivity index (χ1) is 8.38. The lowest BCUT2D eigenvalue weighted by atomic mass is 10.2. The number of nitro benzene ring substituents is 2. The Balaban J connectivity index is 3.59. The Bertz CT molecular complexity index is 497. The third-order valence-electron chi connectivity index (χ3n) is 1.93. The fourth-order valence-electron chi connectivity index (χ4n) is 1.25. The second-order valence-corrected chi connectivity index (χ2v) is 3.35. The number of nitrogens with zero attached hydrogens (tertiary/aromatic N) is 3. The van der Waals surface area contributed by atoms with Crippen LogP contribution in [0, 0.1) is 25.1 Å². The van der Waals surface area contributed by atoms with Crippen LogP contribution in [0.4, 0.5) is 17.1 Å². The molecule has 1 aromatic carbocycles. The number of ether oxygens (including phenoxy) is 1. The van der Waals surface area contributed by atoms with Crippen LogP contribution in [0.15, 0.2) is 12.1 Å². The predicted octanol–water partition coefficient (Wildman–Crippen LogP) is 1.77. The fraction of sp³-hybridized carbons (Fsp3) is 0.250. The molecular weight excluding hydrogens is 266 g/mol. The molecule has 0 saturated heterocycles. The van der Waals surface area contributed by atoms with Crippen molar-refractivity contribution in [2.75, 3.05) is 6.61 Å². The Morgan fingerprint density at radius 1 is 1.17 bits per heavy atom. The first-order valence-corrected chi connectivity index (χ1v) is 4.99. The number of nitroso groups, excluding NO2 is 1. The average Bonchev–Trinajstić information content (AvgIpc) is 2.28. The van der Waals surface area contributed by atoms with E-state index >= 15 is 0 Å². The molecule has 0 fully saturated rings. The Labute approximate surface area is 106 Å². The highest BCUT2D eigenvalue weighted by Gasteiger charge is 2.30. The van der Waals surface area contributed by atoms with E-state index in [2.05, 4.69) is 12.8 Å². The summed E-state index contributed by atoms with van der Waals surface area (Å²) in [5.74, 6) is -0.377. The van der Waals surface area contributed by atoms with E-state index in [4.69, 9.17) is 4.74 Å². The summed E-state index contributed by atoms with van der Waals surface area (Å²) >= 11 is 4.29. The Morgan fingerprint density at radius 3 is 2.11 bits per heavy atom. The number of nitro groups is 2. The quantitative estimate of drug-likeness (QED) is 0.347. The molecule has 0 heterocycles. The summed E-state index contributed by atoms with van der Waals surface area (Å²) in [6, 6.07) is 1.55. The van der Waals surface area contributed by atoms with Gasteiger partial charge >= 0.3 is 5.69 Å². The fourth-order valence-corrected chi connectivity index (χ4v) is 1.39. The molecular formula is C8H7N3O6S. The maximum atomic E-state index is 11.1. The minimum atomic E-state index is -0.875. The van der Waals surface area contributed by atoms with Crippen molar-refractivity contribution >= 4 is 29.9 Å². The van der Waals surface area contributed by atoms with Gasteiger partial charge in [0.2, 0.25) is 0 Å². The largest absolute Gasteiger partial charge is 0.482 e. The molecule has 0 aliphatic heterocycles. The molecule has 0 unspecified atom stereocenters. The molecule has 0 saturated carbocycles. The van der Waals surface area contributed by atoms with E-state index in [1.165, 1.54) is 0 Å². The van der Waals surface area contributed by atoms with Crippen molar-refractivity contribution in [3.8, 4) is 5.75 Å². The number of benzene rings is 1. The van der Waals surface area contributed by atoms with E-state index in [0.29, 0.717) is 6.07 Å². The molecule has 10 heteroatoms. The van der Waals surface area contributed by atoms with E-state index in [9.17, 15) is 25.1 Å². The van der Waals surface area contributed by atoms with Gasteiger partial charge in [-0.2, -0.15) is 0 Å². The molecule has 1 rings (SSSR count). The average molecular weight is 273 g/mol. The Kier molecular flexibility index (Phi) is 4.05. The number of non-ortho nitro benzene ring substituents is 1. The zero-order valence-corrected chi connectivity index (χ0v) is 9.88. The third kappa shape index (κ3) is 2.66. The number of rotatable bonds is 5. The first-order valence-electron chi connectivity index (χ1n) is 4.62. The second-order valence-electron chi connectivity index (χ2n) is 3.02. The highest BCUT2D eigenvalue weighted by Crippen LogP contribution is 2.40. The standard InChI is InChI=1S/C8H7N3O6S/c1-2-17-8-6(10(14)15)3-5(9(12)13)4-7(8)11(16)18/h3-4H,2H2,1H3. The minimum absolute atomic E-state index is 0.0504. The molecule has 1 aromatic rings. The first kappa shape index (κ1) is 13.7. The van der Waals surface area contributed by atoms with E-state index in [1.807, 2.05) is 0 Å². The Hall–Kier alpha value is -2.36. The highest BCUT2D eigenvalue weighted by atomic mass is 32.1. The molecule has 96 valence electrons. The van der Waals surface area contributed by atoms with Gasteiger partial charge in [-0.05, 0) is 6.92 Å². The van der Waals surface area contributed by atoms with Crippen LogP contribution < -0.4 is 4.74 Å². The molecule has 0 radical (unpaired) electrons. The summed E-state index contributed by atoms with van der Waals surface area (Å²) in [6.45, 7) is 1.60. The van der Waals surface area contributed by atoms with Crippen molar-refractivity contribution in [3.63, 3.8) is 0 Å². The van der Waals surface area contributed by atoms with Crippen molar-refractivity contribution in [1.29, 1.82) is 0 Å². The van der Waals surface area contributed by atoms with Crippen LogP contribution in [-0.4, -0.2) is 20.6 Å². The van der Waals surface area contributed by atoms with Crippen LogP contribution >= 0.6 is 0 Å². The lowest BCUT2D eigenvalue weighted by molar-refractivity contribution is -0.396. The summed E-state index contributed by atoms with van der Waals surface area (Å²) < 4.78 is 4.82. The van der Waals surface area contributed by atoms with Crippen molar-refractivity contribution < 1.29 is 18.7 Å². The van der Waals surface area contributed by atoms with E-state index in [1.54, 1.807) is 6.92 Å². The molecule has 0 spiro atoms. The van der Waals surface area contributed by atoms with Crippen LogP contribution in [0.2, 0.25) is 0 Å². The second kappa shape index (κ2) is 5.31. The maximum absolute atomic E-state index is 11.1. The predicted molar refractivity (Wildman–Crippen MR) is 61.6 cm³/mol. The summed E-state index contributed by atoms with van der Waals surface area (Å²) in [7, 11) is 0. The lowest BCUT2D eigenvalue weighted by Gasteiger charge is -2.05. The van der Waals surface area contributed by atoms with Crippen LogP contribution in [0.25, 0.3) is 0 Å². The van der Waals surface area contributed by atoms with E-state index in [-0.39, 0.29) is 16.5 Å². The van der Waals surface area contributed by atoms with Gasteiger partial charge < -0.3 is 17.6 Å². The molecule has 0 aromatic heterocycles. The molecule has 0 bridgehead atoms. The van der Waals surface area contributed by atoms with Crippen molar-refractivity contribution in [1.82, 2.24) is 0 Å². The van der Waals surface area contributed by atoms with Gasteiger partial charge in [0.1, 0.15) is 0 Å². The van der Waals surface area contributed by atoms with Gasteiger partial charge in [-0.15, -0.1) is 0 Å². The van der Waals surface area contributed by atoms with Gasteiger partial charge in [0, 0.05) is 4.91 Å². The van der Waals surface area contributed by atoms with Gasteiger partial charge in [0.25, 0.3) is 17.1 Å². The number of hydrogen-bond acceptors (Lipinski definition) is 7. The summed E-state index contributed by atoms with van der Waals surface area (Å²) in [6.07, 6.45) is 0. The molecule has 18 heavy (non-hydrogen) atoms. The van der Waals surface area contributed by atoms with Gasteiger partial charge in [-0.3, -0.25) is 20.2 Å². The van der Waals surface area contributed by atoms with Crippen molar-refractivity contribution in [3.05, 3.63) is 37.3 Å². The summed E-state index contributed by atoms with van der Waals surface area (Å²) in [4.78, 5) is 30.8. The molecule has 0 amide bonds. The van der Waals surface area contributed by atoms with Gasteiger partial charge in [0.05, 0.1) is 28.6 Å². The Morgan fingerprint density at radius 2 is 1.72 bits per heavy atom. The van der Waals surface area contributed by atoms with E-state index < -0.39 is 26.9 Å². The zero-order valence-electron chi connectivity index (χ0n) is 9.06. The van der Waals surface area contributed by atoms with Crippen molar-refractivity contribution in [2.45, 2.75) is 6.92 Å². The minimum Gasteiger partial charge on any atom is -0.482 e. The van der Waals surface area contributed by atoms with Crippen molar-refractivity contribution in [2.24, 2.45) is 0 Å². The highest BCUT2D eigenvalue weighted by molar-refractivity contribution is 7.51. The third-order valence-corrected chi connectivity index (χ3v) is 2.12. The number of hydrogen-bond donors (Lipinski definition) is 0. The van der Waals surface area contributed by atoms with Gasteiger partial charge in [-0.1, -0.05) is 4.17 Å². The SMILES string of the molecule is CCOc1c([N+](=O)[O-])cc([N+](=O)[O-])cc1[N+](=O)[S-]. The van der Waals surface area contributed by atoms with E-state index in [0.717, 1.165) is 6.07 Å². The molecule has 0 aliphatic carbocycles. The molecule has 0 aliphatic rings. The maximum Gasteiger partial charge on any atom is 0.325 e. The normalized spacial score (nSPS) is 9.83. The smallest absolute Gasteiger partial charge is 0.325 e. The summed E-state index contributed by atoms with van der Waals surface area (Å²) in [5.41, 5.74) is -1.72. The van der Waals surface area contributed by atoms with Crippen LogP contribution in [-0.2, 0) is 12.8 Å². The monoisotopic (exact) mass is 273 g/mol. The van der Waals surface area contributed by atoms with Crippen LogP contribution in [0.3, 0.4) is 0 Å². The van der Waals surface area contributed by atoms with Crippen LogP contribution in [0.5, 0.6) is 5.75 Å². The zero-order chi connectivity index (χ0) is 13.9. The molecule has 9 nitrogen and oxygen atoms in total. The van der Waals surface area contributed by atoms with Crippen LogP contribution in [0.1, 0.15) is 6.92 Å². The lowest BCUT2D eigenvalue weighted by Crippen LogP contribution is -2.03. The van der Waals surface area contributed by atoms with Gasteiger partial charge in [-0.25, -0.2) is 0 Å². The summed E-state index contributed by atoms with van der Waals surface area (Å²) in [5, 5.41) is 21.4. The molecule has 0 N–H and O–H groups in total. The van der Waals surface area contributed by atoms with Gasteiger partial charge in [0.15, 0.2) is 0 Å².